The van der Waals surface area contributed by atoms with Crippen molar-refractivity contribution >= 4 is 44.8 Å². The van der Waals surface area contributed by atoms with E-state index in [1.165, 1.54) is 28.3 Å². The maximum absolute atomic E-state index is 6.92. The summed E-state index contributed by atoms with van der Waals surface area (Å²) in [5.41, 5.74) is 3.80. The van der Waals surface area contributed by atoms with Gasteiger partial charge in [-0.15, -0.1) is 22.2 Å². The predicted octanol–water partition coefficient (Wildman–Crippen LogP) is 5.47. The number of unbranched alkanes of at least 4 members (excludes halogenated alkanes) is 1. The summed E-state index contributed by atoms with van der Waals surface area (Å²) in [5.74, 6) is 0. The van der Waals surface area contributed by atoms with Gasteiger partial charge in [0, 0.05) is 0 Å². The largest absolute Gasteiger partial charge is 0.311 e. The lowest BCUT2D eigenvalue weighted by Crippen LogP contribution is -2.35. The number of hydrogen-bond donors (Lipinski definition) is 0. The first-order valence-corrected chi connectivity index (χ1v) is 11.5. The van der Waals surface area contributed by atoms with Crippen LogP contribution in [0.25, 0.3) is 10.8 Å². The van der Waals surface area contributed by atoms with E-state index in [2.05, 4.69) is 49.4 Å². The number of benzene rings is 2. The van der Waals surface area contributed by atoms with E-state index in [1.807, 2.05) is 12.1 Å². The van der Waals surface area contributed by atoms with Gasteiger partial charge in [0.15, 0.2) is 0 Å². The third-order valence-corrected chi connectivity index (χ3v) is 8.74. The molecule has 0 radical (unpaired) electrons. The maximum Gasteiger partial charge on any atom is 0.311 e. The molecule has 0 aliphatic carbocycles. The fourth-order valence-corrected chi connectivity index (χ4v) is 7.70. The van der Waals surface area contributed by atoms with Gasteiger partial charge in [0.1, 0.15) is 0 Å². The van der Waals surface area contributed by atoms with Crippen LogP contribution < -0.4 is 5.19 Å². The second kappa shape index (κ2) is 6.00. The van der Waals surface area contributed by atoms with E-state index in [1.54, 1.807) is 0 Å². The second-order valence-corrected chi connectivity index (χ2v) is 11.6. The Morgan fingerprint density at radius 2 is 1.57 bits per heavy atom. The van der Waals surface area contributed by atoms with Gasteiger partial charge in [-0.05, 0) is 39.9 Å². The van der Waals surface area contributed by atoms with Crippen molar-refractivity contribution in [2.24, 2.45) is 0 Å². The van der Waals surface area contributed by atoms with Crippen LogP contribution in [-0.4, -0.2) is 6.69 Å². The summed E-state index contributed by atoms with van der Waals surface area (Å²) in [7, 11) is 0. The van der Waals surface area contributed by atoms with Crippen molar-refractivity contribution in [1.82, 2.24) is 0 Å². The van der Waals surface area contributed by atoms with Crippen LogP contribution in [0.15, 0.2) is 54.6 Å². The summed E-state index contributed by atoms with van der Waals surface area (Å²) in [6, 6.07) is 18.8. The number of fused-ring (bicyclic) bond motifs is 1. The molecule has 21 heavy (non-hydrogen) atoms. The topological polar surface area (TPSA) is 0 Å². The number of allylic oxidation sites excluding steroid dienone is 1. The van der Waals surface area contributed by atoms with Crippen molar-refractivity contribution in [3.05, 3.63) is 65.7 Å². The molecule has 108 valence electrons. The lowest BCUT2D eigenvalue weighted by atomic mass is 9.98. The first-order chi connectivity index (χ1) is 10.2. The fraction of sp³-hybridized carbons (Fsp3) is 0.222. The van der Waals surface area contributed by atoms with Gasteiger partial charge < -0.3 is 0 Å². The van der Waals surface area contributed by atoms with Crippen LogP contribution in [0.5, 0.6) is 0 Å². The minimum absolute atomic E-state index is 1.05. The third kappa shape index (κ3) is 2.59. The molecule has 3 rings (SSSR count). The summed E-state index contributed by atoms with van der Waals surface area (Å²) in [4.78, 5) is 0. The van der Waals surface area contributed by atoms with Crippen molar-refractivity contribution in [3.8, 4) is 0 Å². The molecule has 0 saturated carbocycles. The molecule has 0 nitrogen and oxygen atoms in total. The minimum Gasteiger partial charge on any atom is -0.134 e. The monoisotopic (exact) mass is 332 g/mol. The van der Waals surface area contributed by atoms with Crippen LogP contribution >= 0.6 is 22.2 Å². The number of rotatable bonds is 4. The zero-order valence-electron chi connectivity index (χ0n) is 12.1. The molecule has 0 bridgehead atoms. The van der Waals surface area contributed by atoms with E-state index in [0.29, 0.717) is 0 Å². The van der Waals surface area contributed by atoms with E-state index in [0.717, 1.165) is 18.0 Å². The lowest BCUT2D eigenvalue weighted by Gasteiger charge is -2.17. The number of hydrogen-bond acceptors (Lipinski definition) is 0. The van der Waals surface area contributed by atoms with Crippen molar-refractivity contribution < 1.29 is 0 Å². The summed E-state index contributed by atoms with van der Waals surface area (Å²) in [5, 5.41) is 2.35. The minimum atomic E-state index is -2.62. The molecular weight excluding hydrogens is 315 g/mol. The Bertz CT molecular complexity index is 675. The molecule has 0 fully saturated rings. The zero-order chi connectivity index (χ0) is 14.9. The van der Waals surface area contributed by atoms with Crippen molar-refractivity contribution in [2.75, 3.05) is 0 Å². The third-order valence-electron chi connectivity index (χ3n) is 4.05. The first kappa shape index (κ1) is 14.9. The van der Waals surface area contributed by atoms with Crippen molar-refractivity contribution in [1.29, 1.82) is 0 Å². The molecule has 0 atom stereocenters. The van der Waals surface area contributed by atoms with Crippen LogP contribution in [0.3, 0.4) is 0 Å². The standard InChI is InChI=1S/C18H18Cl2Si/c1-2-3-11-16-15-12-7-8-13-17(15)21(19,20)18(16)14-9-5-4-6-10-14/h4-10,12-13H,2-3,11H2,1H3. The SMILES string of the molecule is CCCCC1=C(c2ccccc2)[Si](Cl)(Cl)c2ccccc21. The summed E-state index contributed by atoms with van der Waals surface area (Å²) in [6.45, 7) is -0.402. The van der Waals surface area contributed by atoms with Gasteiger partial charge in [0.2, 0.25) is 0 Å². The van der Waals surface area contributed by atoms with E-state index < -0.39 is 6.69 Å². The molecule has 0 spiro atoms. The van der Waals surface area contributed by atoms with E-state index in [4.69, 9.17) is 22.2 Å². The van der Waals surface area contributed by atoms with Crippen molar-refractivity contribution in [2.45, 2.75) is 26.2 Å². The van der Waals surface area contributed by atoms with E-state index >= 15 is 0 Å². The van der Waals surface area contributed by atoms with Crippen LogP contribution in [-0.2, 0) is 0 Å². The Morgan fingerprint density at radius 3 is 2.29 bits per heavy atom. The first-order valence-electron chi connectivity index (χ1n) is 7.43. The average molecular weight is 333 g/mol. The van der Waals surface area contributed by atoms with Gasteiger partial charge >= 0.3 is 6.69 Å². The highest BCUT2D eigenvalue weighted by atomic mass is 35.7. The quantitative estimate of drug-likeness (QED) is 0.514. The Morgan fingerprint density at radius 1 is 0.905 bits per heavy atom. The van der Waals surface area contributed by atoms with Gasteiger partial charge in [0.25, 0.3) is 0 Å². The lowest BCUT2D eigenvalue weighted by molar-refractivity contribution is 0.826. The molecule has 3 heteroatoms. The van der Waals surface area contributed by atoms with Gasteiger partial charge in [-0.2, -0.15) is 0 Å². The molecule has 1 aliphatic rings. The Hall–Kier alpha value is -1.02. The van der Waals surface area contributed by atoms with E-state index in [9.17, 15) is 0 Å². The molecular formula is C18H18Cl2Si. The Kier molecular flexibility index (Phi) is 4.25. The normalized spacial score (nSPS) is 16.1. The smallest absolute Gasteiger partial charge is 0.134 e. The predicted molar refractivity (Wildman–Crippen MR) is 96.3 cm³/mol. The highest BCUT2D eigenvalue weighted by Crippen LogP contribution is 2.45. The van der Waals surface area contributed by atoms with Gasteiger partial charge in [-0.25, -0.2) is 0 Å². The van der Waals surface area contributed by atoms with Gasteiger partial charge in [-0.3, -0.25) is 0 Å². The van der Waals surface area contributed by atoms with E-state index in [-0.39, 0.29) is 0 Å². The molecule has 0 unspecified atom stereocenters. The number of halogens is 2. The summed E-state index contributed by atoms with van der Waals surface area (Å²) >= 11 is 13.8. The second-order valence-electron chi connectivity index (χ2n) is 5.44. The summed E-state index contributed by atoms with van der Waals surface area (Å²) < 4.78 is 0. The molecule has 2 aromatic rings. The van der Waals surface area contributed by atoms with Crippen LogP contribution in [0, 0.1) is 0 Å². The highest BCUT2D eigenvalue weighted by molar-refractivity contribution is 7.59. The Labute approximate surface area is 136 Å². The van der Waals surface area contributed by atoms with Gasteiger partial charge in [0.05, 0.1) is 0 Å². The van der Waals surface area contributed by atoms with Crippen molar-refractivity contribution in [3.63, 3.8) is 0 Å². The van der Waals surface area contributed by atoms with Crippen LogP contribution in [0.2, 0.25) is 0 Å². The summed E-state index contributed by atoms with van der Waals surface area (Å²) in [6.07, 6.45) is 3.39. The molecule has 0 saturated heterocycles. The van der Waals surface area contributed by atoms with Gasteiger partial charge in [-0.1, -0.05) is 67.9 Å². The molecule has 0 N–H and O–H groups in total. The molecule has 0 amide bonds. The molecule has 0 aromatic heterocycles. The van der Waals surface area contributed by atoms with Crippen LogP contribution in [0.1, 0.15) is 37.3 Å². The van der Waals surface area contributed by atoms with Crippen LogP contribution in [0.4, 0.5) is 0 Å². The average Bonchev–Trinajstić information content (AvgIpc) is 2.74. The zero-order valence-corrected chi connectivity index (χ0v) is 14.6. The molecule has 1 heterocycles. The highest BCUT2D eigenvalue weighted by Gasteiger charge is 2.45. The molecule has 2 aromatic carbocycles. The fourth-order valence-electron chi connectivity index (χ4n) is 3.05. The Balaban J connectivity index is 2.21. The molecule has 1 aliphatic heterocycles. The maximum atomic E-state index is 6.92.